The summed E-state index contributed by atoms with van der Waals surface area (Å²) in [5.41, 5.74) is 2.81. The highest BCUT2D eigenvalue weighted by Crippen LogP contribution is 2.26. The molecule has 2 amide bonds. The lowest BCUT2D eigenvalue weighted by molar-refractivity contribution is 0.0940. The molecule has 0 saturated carbocycles. The summed E-state index contributed by atoms with van der Waals surface area (Å²) in [4.78, 5) is 25.9. The molecule has 9 heteroatoms. The Morgan fingerprint density at radius 1 is 0.816 bits per heavy atom. The van der Waals surface area contributed by atoms with Gasteiger partial charge in [-0.15, -0.1) is 0 Å². The summed E-state index contributed by atoms with van der Waals surface area (Å²) in [7, 11) is -4.08. The van der Waals surface area contributed by atoms with E-state index in [4.69, 9.17) is 11.6 Å². The van der Waals surface area contributed by atoms with E-state index >= 15 is 0 Å². The molecule has 0 aliphatic carbocycles. The van der Waals surface area contributed by atoms with Crippen LogP contribution in [0.3, 0.4) is 0 Å². The lowest BCUT2D eigenvalue weighted by Gasteiger charge is -2.16. The minimum absolute atomic E-state index is 0.0311. The van der Waals surface area contributed by atoms with Crippen LogP contribution in [0.2, 0.25) is 5.02 Å². The first-order valence-electron chi connectivity index (χ1n) is 11.8. The fourth-order valence-electron chi connectivity index (χ4n) is 3.85. The fraction of sp³-hybridized carbons (Fsp3) is 0.103. The third kappa shape index (κ3) is 6.40. The molecule has 4 rings (SSSR count). The molecule has 7 nitrogen and oxygen atoms in total. The van der Waals surface area contributed by atoms with Crippen molar-refractivity contribution in [3.8, 4) is 0 Å². The van der Waals surface area contributed by atoms with Crippen LogP contribution < -0.4 is 15.4 Å². The Hall–Kier alpha value is -4.14. The van der Waals surface area contributed by atoms with E-state index < -0.39 is 15.9 Å². The predicted octanol–water partition coefficient (Wildman–Crippen LogP) is 6.19. The number of para-hydroxylation sites is 1. The zero-order valence-corrected chi connectivity index (χ0v) is 22.3. The molecule has 194 valence electrons. The molecule has 0 spiro atoms. The van der Waals surface area contributed by atoms with Crippen molar-refractivity contribution in [1.82, 2.24) is 5.32 Å². The topological polar surface area (TPSA) is 104 Å². The molecule has 38 heavy (non-hydrogen) atoms. The van der Waals surface area contributed by atoms with Crippen molar-refractivity contribution in [3.05, 3.63) is 124 Å². The van der Waals surface area contributed by atoms with Gasteiger partial charge in [0.2, 0.25) is 0 Å². The van der Waals surface area contributed by atoms with Crippen molar-refractivity contribution < 1.29 is 18.0 Å². The molecule has 0 aliphatic rings. The third-order valence-corrected chi connectivity index (χ3v) is 7.68. The minimum atomic E-state index is -4.08. The summed E-state index contributed by atoms with van der Waals surface area (Å²) < 4.78 is 28.6. The smallest absolute Gasteiger partial charge is 0.263 e. The fourth-order valence-corrected chi connectivity index (χ4v) is 5.43. The molecule has 0 radical (unpaired) electrons. The van der Waals surface area contributed by atoms with Gasteiger partial charge < -0.3 is 10.6 Å². The Morgan fingerprint density at radius 2 is 1.53 bits per heavy atom. The van der Waals surface area contributed by atoms with Gasteiger partial charge in [-0.25, -0.2) is 8.42 Å². The van der Waals surface area contributed by atoms with Gasteiger partial charge in [-0.3, -0.25) is 14.3 Å². The second-order valence-electron chi connectivity index (χ2n) is 8.73. The van der Waals surface area contributed by atoms with Crippen LogP contribution in [0.4, 0.5) is 11.4 Å². The van der Waals surface area contributed by atoms with Crippen LogP contribution in [-0.4, -0.2) is 20.2 Å². The van der Waals surface area contributed by atoms with Crippen molar-refractivity contribution in [2.45, 2.75) is 24.8 Å². The number of carbonyl (C=O) groups excluding carboxylic acids is 2. The molecular weight excluding hydrogens is 522 g/mol. The summed E-state index contributed by atoms with van der Waals surface area (Å²) in [6, 6.07) is 26.7. The van der Waals surface area contributed by atoms with Gasteiger partial charge in [0.25, 0.3) is 21.8 Å². The molecule has 1 atom stereocenters. The molecule has 4 aromatic rings. The number of benzene rings is 4. The first-order chi connectivity index (χ1) is 18.1. The number of halogens is 1. The average Bonchev–Trinajstić information content (AvgIpc) is 2.89. The summed E-state index contributed by atoms with van der Waals surface area (Å²) in [6.45, 7) is 3.71. The molecule has 0 bridgehead atoms. The molecule has 0 fully saturated rings. The first kappa shape index (κ1) is 26.9. The van der Waals surface area contributed by atoms with E-state index in [1.165, 1.54) is 18.2 Å². The van der Waals surface area contributed by atoms with Gasteiger partial charge in [0, 0.05) is 11.3 Å². The second kappa shape index (κ2) is 11.5. The maximum Gasteiger partial charge on any atom is 0.263 e. The van der Waals surface area contributed by atoms with E-state index in [0.717, 1.165) is 11.1 Å². The van der Waals surface area contributed by atoms with E-state index in [-0.39, 0.29) is 38.7 Å². The molecule has 0 aliphatic heterocycles. The Bertz CT molecular complexity index is 1590. The van der Waals surface area contributed by atoms with Crippen LogP contribution in [-0.2, 0) is 10.0 Å². The summed E-state index contributed by atoms with van der Waals surface area (Å²) >= 11 is 6.21. The molecule has 0 unspecified atom stereocenters. The number of rotatable bonds is 8. The van der Waals surface area contributed by atoms with Crippen LogP contribution in [0.15, 0.2) is 102 Å². The van der Waals surface area contributed by atoms with E-state index in [1.54, 1.807) is 42.5 Å². The van der Waals surface area contributed by atoms with E-state index in [0.29, 0.717) is 5.69 Å². The predicted molar refractivity (Wildman–Crippen MR) is 150 cm³/mol. The number of hydrogen-bond acceptors (Lipinski definition) is 4. The number of anilines is 2. The van der Waals surface area contributed by atoms with Gasteiger partial charge in [-0.05, 0) is 67.4 Å². The highest BCUT2D eigenvalue weighted by molar-refractivity contribution is 7.92. The zero-order valence-electron chi connectivity index (χ0n) is 20.7. The van der Waals surface area contributed by atoms with Crippen LogP contribution in [0.5, 0.6) is 0 Å². The first-order valence-corrected chi connectivity index (χ1v) is 13.7. The van der Waals surface area contributed by atoms with Gasteiger partial charge in [-0.2, -0.15) is 0 Å². The van der Waals surface area contributed by atoms with Crippen LogP contribution in [0.25, 0.3) is 0 Å². The lowest BCUT2D eigenvalue weighted by Crippen LogP contribution is -2.28. The average molecular weight is 548 g/mol. The maximum atomic E-state index is 13.1. The molecular formula is C29H26ClN3O4S. The second-order valence-corrected chi connectivity index (χ2v) is 10.8. The number of nitrogens with one attached hydrogen (secondary N) is 3. The van der Waals surface area contributed by atoms with Crippen molar-refractivity contribution >= 4 is 44.8 Å². The largest absolute Gasteiger partial charge is 0.345 e. The molecule has 0 saturated heterocycles. The quantitative estimate of drug-likeness (QED) is 0.244. The number of carbonyl (C=O) groups is 2. The SMILES string of the molecule is Cc1cccc(NS(=O)(=O)c2cc(C(=O)Nc3ccccc3C(=O)N[C@@H](C)c3ccccc3)ccc2Cl)c1. The molecule has 0 aromatic heterocycles. The summed E-state index contributed by atoms with van der Waals surface area (Å²) in [5.74, 6) is -0.955. The number of amides is 2. The number of aryl methyl sites for hydroxylation is 1. The highest BCUT2D eigenvalue weighted by atomic mass is 35.5. The van der Waals surface area contributed by atoms with Crippen molar-refractivity contribution in [2.75, 3.05) is 10.0 Å². The highest BCUT2D eigenvalue weighted by Gasteiger charge is 2.22. The van der Waals surface area contributed by atoms with Crippen molar-refractivity contribution in [3.63, 3.8) is 0 Å². The molecule has 0 heterocycles. The number of sulfonamides is 1. The van der Waals surface area contributed by atoms with Crippen LogP contribution in [0.1, 0.15) is 44.8 Å². The van der Waals surface area contributed by atoms with Crippen LogP contribution in [0, 0.1) is 6.92 Å². The number of hydrogen-bond donors (Lipinski definition) is 3. The van der Waals surface area contributed by atoms with E-state index in [1.807, 2.05) is 50.2 Å². The molecule has 3 N–H and O–H groups in total. The monoisotopic (exact) mass is 547 g/mol. The standard InChI is InChI=1S/C29H26ClN3O4S/c1-19-9-8-12-23(17-19)33-38(36,37)27-18-22(15-16-25(27)30)28(34)32-26-14-7-6-13-24(26)29(35)31-20(2)21-10-4-3-5-11-21/h3-18,20,33H,1-2H3,(H,31,35)(H,32,34)/t20-/m0/s1. The van der Waals surface area contributed by atoms with E-state index in [2.05, 4.69) is 15.4 Å². The Labute approximate surface area is 226 Å². The Morgan fingerprint density at radius 3 is 2.26 bits per heavy atom. The van der Waals surface area contributed by atoms with Gasteiger partial charge in [0.1, 0.15) is 4.90 Å². The van der Waals surface area contributed by atoms with E-state index in [9.17, 15) is 18.0 Å². The minimum Gasteiger partial charge on any atom is -0.345 e. The maximum absolute atomic E-state index is 13.1. The van der Waals surface area contributed by atoms with Crippen molar-refractivity contribution in [2.24, 2.45) is 0 Å². The van der Waals surface area contributed by atoms with Gasteiger partial charge in [0.15, 0.2) is 0 Å². The van der Waals surface area contributed by atoms with Gasteiger partial charge in [0.05, 0.1) is 22.3 Å². The van der Waals surface area contributed by atoms with Crippen molar-refractivity contribution in [1.29, 1.82) is 0 Å². The van der Waals surface area contributed by atoms with Crippen LogP contribution >= 0.6 is 11.6 Å². The lowest BCUT2D eigenvalue weighted by atomic mass is 10.1. The summed E-state index contributed by atoms with van der Waals surface area (Å²) in [5, 5.41) is 5.62. The molecule has 4 aromatic carbocycles. The van der Waals surface area contributed by atoms with Gasteiger partial charge in [-0.1, -0.05) is 66.2 Å². The Kier molecular flexibility index (Phi) is 8.14. The normalized spacial score (nSPS) is 11.9. The zero-order chi connectivity index (χ0) is 27.3. The Balaban J connectivity index is 1.55. The summed E-state index contributed by atoms with van der Waals surface area (Å²) in [6.07, 6.45) is 0. The third-order valence-electron chi connectivity index (χ3n) is 5.82. The van der Waals surface area contributed by atoms with Gasteiger partial charge >= 0.3 is 0 Å².